The number of fused-ring (bicyclic) bond motifs is 3. The highest BCUT2D eigenvalue weighted by Gasteiger charge is 2.51. The quantitative estimate of drug-likeness (QED) is 0.645. The molecule has 1 aromatic carbocycles. The Labute approximate surface area is 180 Å². The van der Waals surface area contributed by atoms with Crippen LogP contribution in [-0.2, 0) is 11.8 Å². The number of nitrogens with zero attached hydrogens (tertiary/aromatic N) is 4. The number of benzene rings is 1. The molecule has 156 valence electrons. The number of carbonyl (C=O) groups excluding carboxylic acids is 1. The number of nitrogens with one attached hydrogen (secondary N) is 1. The van der Waals surface area contributed by atoms with E-state index >= 15 is 0 Å². The summed E-state index contributed by atoms with van der Waals surface area (Å²) in [4.78, 5) is 17.5. The Kier molecular flexibility index (Phi) is 4.14. The molecule has 7 heteroatoms. The average molecular weight is 422 g/mol. The van der Waals surface area contributed by atoms with Gasteiger partial charge in [-0.3, -0.25) is 4.79 Å². The molecule has 0 atom stereocenters. The summed E-state index contributed by atoms with van der Waals surface area (Å²) in [7, 11) is 2.00. The fourth-order valence-corrected chi connectivity index (χ4v) is 7.33. The van der Waals surface area contributed by atoms with Crippen molar-refractivity contribution in [1.82, 2.24) is 25.1 Å². The Morgan fingerprint density at radius 3 is 2.57 bits per heavy atom. The summed E-state index contributed by atoms with van der Waals surface area (Å²) in [6, 6.07) is 6.32. The molecule has 4 saturated carbocycles. The van der Waals surface area contributed by atoms with Crippen LogP contribution in [0.4, 0.5) is 0 Å². The Hall–Kier alpha value is -2.15. The zero-order valence-electron chi connectivity index (χ0n) is 17.5. The third-order valence-electron chi connectivity index (χ3n) is 7.51. The summed E-state index contributed by atoms with van der Waals surface area (Å²) in [6.45, 7) is 2.08. The summed E-state index contributed by atoms with van der Waals surface area (Å²) in [6.07, 6.45) is 7.67. The average Bonchev–Trinajstić information content (AvgIpc) is 2.96. The number of aryl methyl sites for hydroxylation is 2. The first-order chi connectivity index (χ1) is 14.5. The second-order valence-electron chi connectivity index (χ2n) is 9.88. The largest absolute Gasteiger partial charge is 0.350 e. The number of aromatic nitrogens is 4. The lowest BCUT2D eigenvalue weighted by Gasteiger charge is -2.56. The number of thioether (sulfide) groups is 1. The van der Waals surface area contributed by atoms with E-state index in [9.17, 15) is 4.79 Å². The number of carbonyl (C=O) groups is 1. The lowest BCUT2D eigenvalue weighted by atomic mass is 9.53. The van der Waals surface area contributed by atoms with Crippen LogP contribution in [-0.4, -0.2) is 36.9 Å². The maximum atomic E-state index is 12.8. The van der Waals surface area contributed by atoms with E-state index in [1.54, 1.807) is 0 Å². The Balaban J connectivity index is 1.18. The van der Waals surface area contributed by atoms with Crippen LogP contribution in [0, 0.1) is 24.7 Å². The highest BCUT2D eigenvalue weighted by Crippen LogP contribution is 2.55. The topological polar surface area (TPSA) is 72.7 Å². The summed E-state index contributed by atoms with van der Waals surface area (Å²) >= 11 is 1.38. The highest BCUT2D eigenvalue weighted by atomic mass is 32.2. The van der Waals surface area contributed by atoms with Crippen molar-refractivity contribution in [2.24, 2.45) is 24.8 Å². The van der Waals surface area contributed by atoms with Crippen LogP contribution >= 0.6 is 11.8 Å². The van der Waals surface area contributed by atoms with Crippen molar-refractivity contribution in [3.63, 3.8) is 0 Å². The van der Waals surface area contributed by atoms with Crippen molar-refractivity contribution in [2.75, 3.05) is 5.75 Å². The molecule has 2 aromatic heterocycles. The summed E-state index contributed by atoms with van der Waals surface area (Å²) in [5, 5.41) is 13.8. The molecule has 7 rings (SSSR count). The predicted octanol–water partition coefficient (Wildman–Crippen LogP) is 4.00. The third kappa shape index (κ3) is 3.01. The van der Waals surface area contributed by atoms with Gasteiger partial charge in [-0.05, 0) is 75.3 Å². The van der Waals surface area contributed by atoms with Crippen LogP contribution in [0.25, 0.3) is 22.1 Å². The molecule has 4 bridgehead atoms. The zero-order valence-corrected chi connectivity index (χ0v) is 18.3. The molecule has 30 heavy (non-hydrogen) atoms. The van der Waals surface area contributed by atoms with Gasteiger partial charge in [-0.25, -0.2) is 4.98 Å². The van der Waals surface area contributed by atoms with Crippen molar-refractivity contribution < 1.29 is 4.79 Å². The van der Waals surface area contributed by atoms with Gasteiger partial charge in [0.2, 0.25) is 11.1 Å². The number of hydrogen-bond donors (Lipinski definition) is 1. The van der Waals surface area contributed by atoms with E-state index in [0.717, 1.165) is 39.8 Å². The van der Waals surface area contributed by atoms with Gasteiger partial charge in [0, 0.05) is 18.0 Å². The first-order valence-electron chi connectivity index (χ1n) is 11.0. The van der Waals surface area contributed by atoms with E-state index in [1.165, 1.54) is 55.9 Å². The lowest BCUT2D eigenvalue weighted by molar-refractivity contribution is -0.124. The van der Waals surface area contributed by atoms with Crippen LogP contribution in [0.1, 0.15) is 44.1 Å². The number of rotatable bonds is 4. The van der Waals surface area contributed by atoms with Crippen molar-refractivity contribution in [3.8, 4) is 0 Å². The van der Waals surface area contributed by atoms with Crippen LogP contribution in [0.5, 0.6) is 0 Å². The molecule has 0 radical (unpaired) electrons. The van der Waals surface area contributed by atoms with Crippen LogP contribution < -0.4 is 5.32 Å². The first kappa shape index (κ1) is 18.6. The molecule has 4 aliphatic carbocycles. The SMILES string of the molecule is Cc1ccc2c(c1)c1nnc(SCC(=O)NC34CC5CC(CC(C5)C3)C4)nc1n2C. The summed E-state index contributed by atoms with van der Waals surface area (Å²) < 4.78 is 2.05. The maximum absolute atomic E-state index is 12.8. The second-order valence-corrected chi connectivity index (χ2v) is 10.8. The monoisotopic (exact) mass is 421 g/mol. The van der Waals surface area contributed by atoms with Gasteiger partial charge in [0.15, 0.2) is 5.65 Å². The van der Waals surface area contributed by atoms with Gasteiger partial charge in [0.05, 0.1) is 11.3 Å². The van der Waals surface area contributed by atoms with E-state index < -0.39 is 0 Å². The molecule has 0 spiro atoms. The van der Waals surface area contributed by atoms with Gasteiger partial charge in [0.1, 0.15) is 5.52 Å². The standard InChI is InChI=1S/C23H27N5OS/c1-13-3-4-18-17(5-13)20-21(28(18)2)24-22(27-26-20)30-12-19(29)25-23-9-14-6-15(10-23)8-16(7-14)11-23/h3-5,14-16H,6-12H2,1-2H3,(H,25,29). The molecule has 1 amide bonds. The van der Waals surface area contributed by atoms with Crippen molar-refractivity contribution in [2.45, 2.75) is 56.1 Å². The van der Waals surface area contributed by atoms with Gasteiger partial charge in [-0.2, -0.15) is 0 Å². The highest BCUT2D eigenvalue weighted by molar-refractivity contribution is 7.99. The minimum Gasteiger partial charge on any atom is -0.350 e. The fraction of sp³-hybridized carbons (Fsp3) is 0.565. The van der Waals surface area contributed by atoms with Crippen molar-refractivity contribution in [1.29, 1.82) is 0 Å². The van der Waals surface area contributed by atoms with E-state index in [1.807, 2.05) is 7.05 Å². The number of amides is 1. The normalized spacial score (nSPS) is 29.7. The van der Waals surface area contributed by atoms with E-state index in [-0.39, 0.29) is 11.4 Å². The molecule has 4 aliphatic rings. The third-order valence-corrected chi connectivity index (χ3v) is 8.35. The van der Waals surface area contributed by atoms with Gasteiger partial charge >= 0.3 is 0 Å². The van der Waals surface area contributed by atoms with E-state index in [2.05, 4.69) is 45.2 Å². The van der Waals surface area contributed by atoms with E-state index in [4.69, 9.17) is 4.98 Å². The summed E-state index contributed by atoms with van der Waals surface area (Å²) in [5.74, 6) is 2.94. The molecule has 6 nitrogen and oxygen atoms in total. The maximum Gasteiger partial charge on any atom is 0.230 e. The van der Waals surface area contributed by atoms with Gasteiger partial charge in [0.25, 0.3) is 0 Å². The van der Waals surface area contributed by atoms with Gasteiger partial charge in [-0.1, -0.05) is 23.4 Å². The Morgan fingerprint density at radius 2 is 1.87 bits per heavy atom. The second kappa shape index (κ2) is 6.67. The minimum absolute atomic E-state index is 0.0587. The minimum atomic E-state index is 0.0587. The Bertz CT molecular complexity index is 1130. The number of hydrogen-bond acceptors (Lipinski definition) is 5. The van der Waals surface area contributed by atoms with Crippen LogP contribution in [0.15, 0.2) is 23.4 Å². The zero-order chi connectivity index (χ0) is 20.5. The molecule has 0 unspecified atom stereocenters. The van der Waals surface area contributed by atoms with Crippen LogP contribution in [0.2, 0.25) is 0 Å². The first-order valence-corrected chi connectivity index (χ1v) is 12.0. The molecule has 1 N–H and O–H groups in total. The van der Waals surface area contributed by atoms with Gasteiger partial charge in [-0.15, -0.1) is 10.2 Å². The fourth-order valence-electron chi connectivity index (χ4n) is 6.74. The van der Waals surface area contributed by atoms with Crippen LogP contribution in [0.3, 0.4) is 0 Å². The van der Waals surface area contributed by atoms with E-state index in [0.29, 0.717) is 10.9 Å². The molecule has 4 fully saturated rings. The molecular weight excluding hydrogens is 394 g/mol. The predicted molar refractivity (Wildman–Crippen MR) is 118 cm³/mol. The van der Waals surface area contributed by atoms with Crippen molar-refractivity contribution in [3.05, 3.63) is 23.8 Å². The smallest absolute Gasteiger partial charge is 0.230 e. The molecule has 0 saturated heterocycles. The molecule has 2 heterocycles. The Morgan fingerprint density at radius 1 is 1.17 bits per heavy atom. The molecule has 0 aliphatic heterocycles. The molecular formula is C23H27N5OS. The molecule has 3 aromatic rings. The summed E-state index contributed by atoms with van der Waals surface area (Å²) in [5.41, 5.74) is 3.98. The van der Waals surface area contributed by atoms with Crippen molar-refractivity contribution >= 4 is 39.7 Å². The van der Waals surface area contributed by atoms with Gasteiger partial charge < -0.3 is 9.88 Å². The lowest BCUT2D eigenvalue weighted by Crippen LogP contribution is -2.60.